The molecule has 1 nitrogen and oxygen atoms in total. The van der Waals surface area contributed by atoms with Gasteiger partial charge in [0.2, 0.25) is 0 Å². The smallest absolute Gasteiger partial charge is 0.0511 e. The van der Waals surface area contributed by atoms with Gasteiger partial charge in [0.05, 0.1) is 6.04 Å². The van der Waals surface area contributed by atoms with Gasteiger partial charge in [0, 0.05) is 14.6 Å². The number of hydrogen-bond donors (Lipinski definition) is 1. The second-order valence-electron chi connectivity index (χ2n) is 4.62. The van der Waals surface area contributed by atoms with E-state index in [1.165, 1.54) is 16.8 Å². The summed E-state index contributed by atoms with van der Waals surface area (Å²) < 4.78 is 2.24. The molecule has 1 unspecified atom stereocenters. The molecule has 0 aromatic heterocycles. The molecule has 0 bridgehead atoms. The summed E-state index contributed by atoms with van der Waals surface area (Å²) in [4.78, 5) is 0. The molecule has 100 valence electrons. The van der Waals surface area contributed by atoms with Crippen LogP contribution in [0.2, 0.25) is 0 Å². The van der Waals surface area contributed by atoms with Crippen LogP contribution in [0.5, 0.6) is 0 Å². The third-order valence-electron chi connectivity index (χ3n) is 3.18. The van der Waals surface area contributed by atoms with Gasteiger partial charge in [-0.2, -0.15) is 0 Å². The number of nitrogens with one attached hydrogen (secondary N) is 1. The average Bonchev–Trinajstić information content (AvgIpc) is 2.38. The second kappa shape index (κ2) is 6.58. The molecule has 19 heavy (non-hydrogen) atoms. The molecule has 0 saturated heterocycles. The summed E-state index contributed by atoms with van der Waals surface area (Å²) >= 11 is 7.04. The zero-order chi connectivity index (χ0) is 13.8. The van der Waals surface area contributed by atoms with E-state index in [1.54, 1.807) is 0 Å². The van der Waals surface area contributed by atoms with Crippen molar-refractivity contribution in [1.82, 2.24) is 0 Å². The predicted molar refractivity (Wildman–Crippen MR) is 89.7 cm³/mol. The molecule has 0 aliphatic heterocycles. The summed E-state index contributed by atoms with van der Waals surface area (Å²) in [7, 11) is 0. The molecule has 0 aliphatic carbocycles. The van der Waals surface area contributed by atoms with Crippen molar-refractivity contribution in [3.63, 3.8) is 0 Å². The van der Waals surface area contributed by atoms with Crippen LogP contribution in [-0.2, 0) is 0 Å². The highest BCUT2D eigenvalue weighted by atomic mass is 79.9. The molecule has 3 heteroatoms. The van der Waals surface area contributed by atoms with Gasteiger partial charge in [0.15, 0.2) is 0 Å². The van der Waals surface area contributed by atoms with Crippen LogP contribution in [0.15, 0.2) is 51.4 Å². The summed E-state index contributed by atoms with van der Waals surface area (Å²) in [5, 5.41) is 3.63. The van der Waals surface area contributed by atoms with Crippen LogP contribution < -0.4 is 5.32 Å². The maximum absolute atomic E-state index is 3.63. The van der Waals surface area contributed by atoms with Gasteiger partial charge in [-0.05, 0) is 54.8 Å². The molecule has 0 spiro atoms. The average molecular weight is 383 g/mol. The fourth-order valence-electron chi connectivity index (χ4n) is 2.12. The Morgan fingerprint density at radius 1 is 1.05 bits per heavy atom. The number of benzene rings is 2. The number of halogens is 2. The van der Waals surface area contributed by atoms with Crippen LogP contribution in [-0.4, -0.2) is 0 Å². The van der Waals surface area contributed by atoms with Gasteiger partial charge in [0.25, 0.3) is 0 Å². The Morgan fingerprint density at radius 2 is 1.79 bits per heavy atom. The minimum absolute atomic E-state index is 0.331. The van der Waals surface area contributed by atoms with Crippen LogP contribution in [0.3, 0.4) is 0 Å². The van der Waals surface area contributed by atoms with Gasteiger partial charge < -0.3 is 5.32 Å². The highest BCUT2D eigenvalue weighted by Crippen LogP contribution is 2.27. The van der Waals surface area contributed by atoms with E-state index >= 15 is 0 Å². The molecule has 2 aromatic carbocycles. The molecule has 0 radical (unpaired) electrons. The third-order valence-corrected chi connectivity index (χ3v) is 4.16. The largest absolute Gasteiger partial charge is 0.378 e. The fourth-order valence-corrected chi connectivity index (χ4v) is 3.01. The quantitative estimate of drug-likeness (QED) is 0.675. The van der Waals surface area contributed by atoms with Crippen LogP contribution >= 0.6 is 31.9 Å². The summed E-state index contributed by atoms with van der Waals surface area (Å²) in [6.45, 7) is 4.33. The lowest BCUT2D eigenvalue weighted by molar-refractivity contribution is 0.748. The number of hydrogen-bond acceptors (Lipinski definition) is 1. The monoisotopic (exact) mass is 381 g/mol. The van der Waals surface area contributed by atoms with E-state index in [9.17, 15) is 0 Å². The van der Waals surface area contributed by atoms with Gasteiger partial charge in [-0.1, -0.05) is 50.9 Å². The Hall–Kier alpha value is -0.800. The van der Waals surface area contributed by atoms with Gasteiger partial charge >= 0.3 is 0 Å². The summed E-state index contributed by atoms with van der Waals surface area (Å²) in [6.07, 6.45) is 1.05. The highest BCUT2D eigenvalue weighted by Gasteiger charge is 2.10. The van der Waals surface area contributed by atoms with E-state index in [-0.39, 0.29) is 0 Å². The van der Waals surface area contributed by atoms with Gasteiger partial charge in [-0.25, -0.2) is 0 Å². The van der Waals surface area contributed by atoms with E-state index in [1.807, 2.05) is 0 Å². The topological polar surface area (TPSA) is 12.0 Å². The van der Waals surface area contributed by atoms with Gasteiger partial charge in [-0.3, -0.25) is 0 Å². The second-order valence-corrected chi connectivity index (χ2v) is 6.45. The van der Waals surface area contributed by atoms with Crippen LogP contribution in [0, 0.1) is 6.92 Å². The van der Waals surface area contributed by atoms with Crippen molar-refractivity contribution < 1.29 is 0 Å². The van der Waals surface area contributed by atoms with Gasteiger partial charge in [-0.15, -0.1) is 0 Å². The van der Waals surface area contributed by atoms with Gasteiger partial charge in [0.1, 0.15) is 0 Å². The first-order valence-electron chi connectivity index (χ1n) is 6.38. The first-order chi connectivity index (χ1) is 9.10. The molecule has 0 amide bonds. The molecule has 2 rings (SSSR count). The molecule has 1 N–H and O–H groups in total. The van der Waals surface area contributed by atoms with Crippen molar-refractivity contribution in [1.29, 1.82) is 0 Å². The molecule has 0 saturated carbocycles. The standard InChI is InChI=1S/C16H17Br2N/c1-3-15(12-5-4-6-13(17)10-12)19-16-8-7-14(18)9-11(16)2/h4-10,15,19H,3H2,1-2H3. The van der Waals surface area contributed by atoms with Crippen LogP contribution in [0.4, 0.5) is 5.69 Å². The zero-order valence-electron chi connectivity index (χ0n) is 11.1. The first kappa shape index (κ1) is 14.6. The Kier molecular flexibility index (Phi) is 5.06. The number of anilines is 1. The van der Waals surface area contributed by atoms with E-state index in [2.05, 4.69) is 93.5 Å². The van der Waals surface area contributed by atoms with Crippen molar-refractivity contribution in [2.75, 3.05) is 5.32 Å². The summed E-state index contributed by atoms with van der Waals surface area (Å²) in [5.74, 6) is 0. The molecular weight excluding hydrogens is 366 g/mol. The predicted octanol–water partition coefficient (Wildman–Crippen LogP) is 6.08. The van der Waals surface area contributed by atoms with E-state index in [0.29, 0.717) is 6.04 Å². The maximum atomic E-state index is 3.63. The Bertz CT molecular complexity index is 566. The third kappa shape index (κ3) is 3.83. The molecule has 0 heterocycles. The van der Waals surface area contributed by atoms with E-state index < -0.39 is 0 Å². The summed E-state index contributed by atoms with van der Waals surface area (Å²) in [5.41, 5.74) is 3.75. The zero-order valence-corrected chi connectivity index (χ0v) is 14.3. The maximum Gasteiger partial charge on any atom is 0.0511 e. The van der Waals surface area contributed by atoms with Crippen molar-refractivity contribution in [2.45, 2.75) is 26.3 Å². The van der Waals surface area contributed by atoms with Crippen molar-refractivity contribution in [2.24, 2.45) is 0 Å². The van der Waals surface area contributed by atoms with Crippen LogP contribution in [0.1, 0.15) is 30.5 Å². The lowest BCUT2D eigenvalue weighted by atomic mass is 10.0. The molecule has 0 fully saturated rings. The first-order valence-corrected chi connectivity index (χ1v) is 7.97. The van der Waals surface area contributed by atoms with E-state index in [0.717, 1.165) is 15.4 Å². The molecular formula is C16H17Br2N. The molecule has 0 aliphatic rings. The van der Waals surface area contributed by atoms with Crippen molar-refractivity contribution >= 4 is 37.5 Å². The minimum Gasteiger partial charge on any atom is -0.378 e. The Morgan fingerprint density at radius 3 is 2.42 bits per heavy atom. The number of rotatable bonds is 4. The SMILES string of the molecule is CCC(Nc1ccc(Br)cc1C)c1cccc(Br)c1. The highest BCUT2D eigenvalue weighted by molar-refractivity contribution is 9.10. The lowest BCUT2D eigenvalue weighted by Gasteiger charge is -2.20. The summed E-state index contributed by atoms with van der Waals surface area (Å²) in [6, 6.07) is 15.1. The Balaban J connectivity index is 2.24. The lowest BCUT2D eigenvalue weighted by Crippen LogP contribution is -2.10. The normalized spacial score (nSPS) is 12.2. The van der Waals surface area contributed by atoms with E-state index in [4.69, 9.17) is 0 Å². The van der Waals surface area contributed by atoms with Crippen LogP contribution in [0.25, 0.3) is 0 Å². The number of aryl methyl sites for hydroxylation is 1. The van der Waals surface area contributed by atoms with Crippen molar-refractivity contribution in [3.8, 4) is 0 Å². The Labute approximate surface area is 131 Å². The minimum atomic E-state index is 0.331. The van der Waals surface area contributed by atoms with Crippen molar-refractivity contribution in [3.05, 3.63) is 62.5 Å². The molecule has 2 aromatic rings. The fraction of sp³-hybridized carbons (Fsp3) is 0.250. The molecule has 1 atom stereocenters.